The molecule has 9 heteroatoms. The number of benzene rings is 2. The summed E-state index contributed by atoms with van der Waals surface area (Å²) in [5.74, 6) is -0.872. The molecule has 0 atom stereocenters. The van der Waals surface area contributed by atoms with Crippen LogP contribution in [0.2, 0.25) is 0 Å². The quantitative estimate of drug-likeness (QED) is 0.548. The molecule has 0 unspecified atom stereocenters. The molecule has 1 heterocycles. The van der Waals surface area contributed by atoms with Crippen LogP contribution >= 0.6 is 0 Å². The fraction of sp³-hybridized carbons (Fsp3) is 0. The predicted molar refractivity (Wildman–Crippen MR) is 90.0 cm³/mol. The van der Waals surface area contributed by atoms with E-state index in [1.165, 1.54) is 30.3 Å². The van der Waals surface area contributed by atoms with Crippen molar-refractivity contribution in [1.29, 1.82) is 0 Å². The summed E-state index contributed by atoms with van der Waals surface area (Å²) in [6.45, 7) is 0. The molecule has 0 aliphatic rings. The predicted octanol–water partition coefficient (Wildman–Crippen LogP) is 2.32. The summed E-state index contributed by atoms with van der Waals surface area (Å²) in [5.41, 5.74) is 5.18. The molecule has 0 saturated carbocycles. The molecule has 9 nitrogen and oxygen atoms in total. The van der Waals surface area contributed by atoms with Gasteiger partial charge in [0.1, 0.15) is 0 Å². The molecule has 2 amide bonds. The summed E-state index contributed by atoms with van der Waals surface area (Å²) in [7, 11) is 0. The second-order valence-electron chi connectivity index (χ2n) is 5.15. The van der Waals surface area contributed by atoms with Crippen molar-refractivity contribution in [3.05, 3.63) is 82.0 Å². The number of carbonyl (C=O) groups excluding carboxylic acids is 2. The van der Waals surface area contributed by atoms with E-state index < -0.39 is 16.7 Å². The molecule has 3 aromatic rings. The smallest absolute Gasteiger partial charge is 0.291 e. The second kappa shape index (κ2) is 7.26. The van der Waals surface area contributed by atoms with Gasteiger partial charge in [-0.05, 0) is 12.1 Å². The number of hydrazine groups is 1. The van der Waals surface area contributed by atoms with E-state index in [4.69, 9.17) is 4.52 Å². The van der Waals surface area contributed by atoms with Crippen molar-refractivity contribution < 1.29 is 19.0 Å². The molecular weight excluding hydrogens is 340 g/mol. The largest absolute Gasteiger partial charge is 0.355 e. The van der Waals surface area contributed by atoms with Gasteiger partial charge in [0.25, 0.3) is 17.5 Å². The molecule has 0 radical (unpaired) electrons. The van der Waals surface area contributed by atoms with Crippen molar-refractivity contribution in [3.63, 3.8) is 0 Å². The highest BCUT2D eigenvalue weighted by Crippen LogP contribution is 2.19. The maximum atomic E-state index is 12.0. The summed E-state index contributed by atoms with van der Waals surface area (Å²) < 4.78 is 5.11. The lowest BCUT2D eigenvalue weighted by Gasteiger charge is -2.05. The van der Waals surface area contributed by atoms with Crippen molar-refractivity contribution >= 4 is 17.5 Å². The topological polar surface area (TPSA) is 127 Å². The Morgan fingerprint density at radius 3 is 2.27 bits per heavy atom. The average molecular weight is 352 g/mol. The standard InChI is InChI=1S/C17H12N4O5/c22-16(12-6-8-13(9-7-12)21(24)25)18-19-17(23)14-10-15(26-20-14)11-4-2-1-3-5-11/h1-10H,(H,18,22)(H,19,23). The van der Waals surface area contributed by atoms with Gasteiger partial charge in [-0.25, -0.2) is 0 Å². The Labute approximate surface area is 146 Å². The van der Waals surface area contributed by atoms with Crippen LogP contribution in [-0.4, -0.2) is 21.9 Å². The number of amides is 2. The van der Waals surface area contributed by atoms with Crippen molar-refractivity contribution in [3.8, 4) is 11.3 Å². The highest BCUT2D eigenvalue weighted by molar-refractivity contribution is 5.98. The second-order valence-corrected chi connectivity index (χ2v) is 5.15. The van der Waals surface area contributed by atoms with Crippen LogP contribution in [0.4, 0.5) is 5.69 Å². The van der Waals surface area contributed by atoms with Gasteiger partial charge in [0.15, 0.2) is 11.5 Å². The van der Waals surface area contributed by atoms with E-state index in [0.29, 0.717) is 5.76 Å². The first-order valence-corrected chi connectivity index (χ1v) is 7.42. The summed E-state index contributed by atoms with van der Waals surface area (Å²) in [5, 5.41) is 14.3. The SMILES string of the molecule is O=C(NNC(=O)c1cc(-c2ccccc2)on1)c1ccc([N+](=O)[O-])cc1. The number of hydrogen-bond acceptors (Lipinski definition) is 6. The van der Waals surface area contributed by atoms with Crippen LogP contribution in [0.5, 0.6) is 0 Å². The lowest BCUT2D eigenvalue weighted by atomic mass is 10.1. The van der Waals surface area contributed by atoms with Crippen LogP contribution in [0.25, 0.3) is 11.3 Å². The molecular formula is C17H12N4O5. The van der Waals surface area contributed by atoms with Gasteiger partial charge in [0, 0.05) is 29.3 Å². The molecule has 0 bridgehead atoms. The fourth-order valence-electron chi connectivity index (χ4n) is 2.10. The average Bonchev–Trinajstić information content (AvgIpc) is 3.17. The molecule has 0 fully saturated rings. The Hall–Kier alpha value is -4.01. The van der Waals surface area contributed by atoms with Crippen LogP contribution in [0, 0.1) is 10.1 Å². The molecule has 3 rings (SSSR count). The van der Waals surface area contributed by atoms with Crippen LogP contribution < -0.4 is 10.9 Å². The zero-order chi connectivity index (χ0) is 18.5. The summed E-state index contributed by atoms with van der Waals surface area (Å²) >= 11 is 0. The maximum Gasteiger partial charge on any atom is 0.291 e. The minimum atomic E-state index is -0.661. The minimum Gasteiger partial charge on any atom is -0.355 e. The Morgan fingerprint density at radius 1 is 0.962 bits per heavy atom. The van der Waals surface area contributed by atoms with Crippen molar-refractivity contribution in [2.45, 2.75) is 0 Å². The summed E-state index contributed by atoms with van der Waals surface area (Å²) in [6.07, 6.45) is 0. The third kappa shape index (κ3) is 3.73. The van der Waals surface area contributed by atoms with Crippen molar-refractivity contribution in [2.75, 3.05) is 0 Å². The Kier molecular flexibility index (Phi) is 4.70. The normalized spacial score (nSPS) is 10.2. The first-order chi connectivity index (χ1) is 12.5. The van der Waals surface area contributed by atoms with Gasteiger partial charge in [-0.1, -0.05) is 35.5 Å². The molecule has 0 aliphatic carbocycles. The van der Waals surface area contributed by atoms with Gasteiger partial charge >= 0.3 is 0 Å². The Bertz CT molecular complexity index is 951. The van der Waals surface area contributed by atoms with Crippen LogP contribution in [0.1, 0.15) is 20.8 Å². The molecule has 0 saturated heterocycles. The zero-order valence-electron chi connectivity index (χ0n) is 13.2. The Morgan fingerprint density at radius 2 is 1.62 bits per heavy atom. The molecule has 26 heavy (non-hydrogen) atoms. The lowest BCUT2D eigenvalue weighted by molar-refractivity contribution is -0.384. The third-order valence-corrected chi connectivity index (χ3v) is 3.43. The van der Waals surface area contributed by atoms with Gasteiger partial charge in [-0.2, -0.15) is 0 Å². The van der Waals surface area contributed by atoms with Crippen molar-refractivity contribution in [1.82, 2.24) is 16.0 Å². The lowest BCUT2D eigenvalue weighted by Crippen LogP contribution is -2.41. The van der Waals surface area contributed by atoms with Gasteiger partial charge in [-0.3, -0.25) is 30.6 Å². The number of nitrogens with zero attached hydrogens (tertiary/aromatic N) is 2. The summed E-state index contributed by atoms with van der Waals surface area (Å²) in [6, 6.07) is 15.5. The maximum absolute atomic E-state index is 12.0. The first kappa shape index (κ1) is 16.8. The molecule has 2 N–H and O–H groups in total. The number of nitrogens with one attached hydrogen (secondary N) is 2. The van der Waals surface area contributed by atoms with E-state index in [1.807, 2.05) is 18.2 Å². The third-order valence-electron chi connectivity index (χ3n) is 3.43. The van der Waals surface area contributed by atoms with Crippen molar-refractivity contribution in [2.24, 2.45) is 0 Å². The van der Waals surface area contributed by atoms with E-state index in [9.17, 15) is 19.7 Å². The number of non-ortho nitro benzene ring substituents is 1. The highest BCUT2D eigenvalue weighted by atomic mass is 16.6. The molecule has 0 aliphatic heterocycles. The number of aromatic nitrogens is 1. The minimum absolute atomic E-state index is 0.00662. The van der Waals surface area contributed by atoms with Gasteiger partial charge in [0.05, 0.1) is 4.92 Å². The van der Waals surface area contributed by atoms with E-state index in [0.717, 1.165) is 5.56 Å². The number of rotatable bonds is 4. The summed E-state index contributed by atoms with van der Waals surface area (Å²) in [4.78, 5) is 34.0. The Balaban J connectivity index is 1.61. The number of hydrogen-bond donors (Lipinski definition) is 2. The number of nitro benzene ring substituents is 1. The zero-order valence-corrected chi connectivity index (χ0v) is 13.2. The molecule has 0 spiro atoms. The number of nitro groups is 1. The van der Waals surface area contributed by atoms with Gasteiger partial charge < -0.3 is 4.52 Å². The monoisotopic (exact) mass is 352 g/mol. The first-order valence-electron chi connectivity index (χ1n) is 7.42. The molecule has 130 valence electrons. The van der Waals surface area contributed by atoms with E-state index in [1.54, 1.807) is 12.1 Å². The van der Waals surface area contributed by atoms with Crippen LogP contribution in [0.3, 0.4) is 0 Å². The fourth-order valence-corrected chi connectivity index (χ4v) is 2.10. The highest BCUT2D eigenvalue weighted by Gasteiger charge is 2.15. The van der Waals surface area contributed by atoms with E-state index in [-0.39, 0.29) is 16.9 Å². The molecule has 2 aromatic carbocycles. The van der Waals surface area contributed by atoms with E-state index >= 15 is 0 Å². The number of carbonyl (C=O) groups is 2. The van der Waals surface area contributed by atoms with Gasteiger partial charge in [-0.15, -0.1) is 0 Å². The van der Waals surface area contributed by atoms with Crippen LogP contribution in [0.15, 0.2) is 65.2 Å². The van der Waals surface area contributed by atoms with Crippen LogP contribution in [-0.2, 0) is 0 Å². The van der Waals surface area contributed by atoms with Gasteiger partial charge in [0.2, 0.25) is 0 Å². The van der Waals surface area contributed by atoms with E-state index in [2.05, 4.69) is 16.0 Å². The molecule has 1 aromatic heterocycles.